The van der Waals surface area contributed by atoms with E-state index in [0.717, 1.165) is 6.07 Å². The molecule has 1 heterocycles. The fourth-order valence-corrected chi connectivity index (χ4v) is 3.74. The molecule has 0 bridgehead atoms. The van der Waals surface area contributed by atoms with Crippen LogP contribution in [0.5, 0.6) is 0 Å². The Bertz CT molecular complexity index is 789. The quantitative estimate of drug-likeness (QED) is 0.545. The molecule has 0 radical (unpaired) electrons. The van der Waals surface area contributed by atoms with Crippen LogP contribution in [-0.4, -0.2) is 19.3 Å². The third-order valence-electron chi connectivity index (χ3n) is 4.57. The van der Waals surface area contributed by atoms with Crippen LogP contribution in [0, 0.1) is 5.82 Å². The largest absolute Gasteiger partial charge is 0.400 e. The SMILES string of the molecule is Nc1cc(N2CCC(c3cc(Cl)cc(Cl)c3)(C(F)(F)F)C2)ccc1F. The molecular weight excluding hydrogens is 379 g/mol. The lowest BCUT2D eigenvalue weighted by Crippen LogP contribution is -2.44. The predicted octanol–water partition coefficient (Wildman–Crippen LogP) is 5.43. The Morgan fingerprint density at radius 1 is 1.04 bits per heavy atom. The average Bonchev–Trinajstić information content (AvgIpc) is 2.95. The van der Waals surface area contributed by atoms with Gasteiger partial charge in [0.05, 0.1) is 5.69 Å². The lowest BCUT2D eigenvalue weighted by Gasteiger charge is -2.33. The predicted molar refractivity (Wildman–Crippen MR) is 91.8 cm³/mol. The lowest BCUT2D eigenvalue weighted by atomic mass is 9.79. The van der Waals surface area contributed by atoms with Gasteiger partial charge in [-0.3, -0.25) is 0 Å². The normalized spacial score (nSPS) is 21.0. The molecule has 2 nitrogen and oxygen atoms in total. The molecule has 0 amide bonds. The molecule has 0 saturated carbocycles. The van der Waals surface area contributed by atoms with Crippen molar-refractivity contribution in [1.82, 2.24) is 0 Å². The molecule has 1 aliphatic rings. The first-order valence-electron chi connectivity index (χ1n) is 7.46. The zero-order valence-electron chi connectivity index (χ0n) is 12.9. The van der Waals surface area contributed by atoms with Crippen molar-refractivity contribution in [3.8, 4) is 0 Å². The Hall–Kier alpha value is -1.66. The Morgan fingerprint density at radius 3 is 2.24 bits per heavy atom. The molecule has 8 heteroatoms. The van der Waals surface area contributed by atoms with E-state index in [0.29, 0.717) is 5.69 Å². The first-order valence-corrected chi connectivity index (χ1v) is 8.21. The van der Waals surface area contributed by atoms with Gasteiger partial charge in [0.15, 0.2) is 0 Å². The van der Waals surface area contributed by atoms with Crippen LogP contribution in [0.15, 0.2) is 36.4 Å². The molecule has 1 aliphatic heterocycles. The molecule has 1 atom stereocenters. The van der Waals surface area contributed by atoms with Gasteiger partial charge in [-0.1, -0.05) is 23.2 Å². The summed E-state index contributed by atoms with van der Waals surface area (Å²) in [5.41, 5.74) is 3.79. The molecule has 1 saturated heterocycles. The van der Waals surface area contributed by atoms with E-state index in [1.165, 1.54) is 35.2 Å². The number of alkyl halides is 3. The third kappa shape index (κ3) is 3.25. The minimum atomic E-state index is -4.50. The number of hydrogen-bond acceptors (Lipinski definition) is 2. The number of anilines is 2. The van der Waals surface area contributed by atoms with E-state index in [1.807, 2.05) is 0 Å². The zero-order valence-corrected chi connectivity index (χ0v) is 14.4. The summed E-state index contributed by atoms with van der Waals surface area (Å²) in [6, 6.07) is 7.89. The van der Waals surface area contributed by atoms with Crippen molar-refractivity contribution in [3.05, 3.63) is 57.8 Å². The fourth-order valence-electron chi connectivity index (χ4n) is 3.22. The van der Waals surface area contributed by atoms with Gasteiger partial charge in [0.2, 0.25) is 0 Å². The van der Waals surface area contributed by atoms with Crippen molar-refractivity contribution < 1.29 is 17.6 Å². The van der Waals surface area contributed by atoms with Gasteiger partial charge in [-0.25, -0.2) is 4.39 Å². The molecule has 2 N–H and O–H groups in total. The maximum absolute atomic E-state index is 14.0. The van der Waals surface area contributed by atoms with Crippen molar-refractivity contribution in [2.24, 2.45) is 0 Å². The first kappa shape index (κ1) is 18.1. The Morgan fingerprint density at radius 2 is 1.68 bits per heavy atom. The van der Waals surface area contributed by atoms with E-state index >= 15 is 0 Å². The number of halogens is 6. The van der Waals surface area contributed by atoms with Crippen LogP contribution in [0.3, 0.4) is 0 Å². The van der Waals surface area contributed by atoms with Crippen molar-refractivity contribution in [2.75, 3.05) is 23.7 Å². The standard InChI is InChI=1S/C17H14Cl2F4N2/c18-11-5-10(6-12(19)7-11)16(17(21,22)23)3-4-25(9-16)13-1-2-14(20)15(24)8-13/h1-2,5-8H,3-4,9,24H2. The van der Waals surface area contributed by atoms with E-state index in [9.17, 15) is 17.6 Å². The molecule has 1 unspecified atom stereocenters. The Kier molecular flexibility index (Phi) is 4.54. The number of nitrogens with zero attached hydrogens (tertiary/aromatic N) is 1. The zero-order chi connectivity index (χ0) is 18.4. The number of rotatable bonds is 2. The smallest absolute Gasteiger partial charge is 0.396 e. The molecule has 2 aromatic carbocycles. The fraction of sp³-hybridized carbons (Fsp3) is 0.294. The summed E-state index contributed by atoms with van der Waals surface area (Å²) in [4.78, 5) is 1.54. The second kappa shape index (κ2) is 6.25. The van der Waals surface area contributed by atoms with Crippen molar-refractivity contribution in [1.29, 1.82) is 0 Å². The van der Waals surface area contributed by atoms with Crippen molar-refractivity contribution in [3.63, 3.8) is 0 Å². The second-order valence-electron chi connectivity index (χ2n) is 6.12. The monoisotopic (exact) mass is 392 g/mol. The molecule has 0 spiro atoms. The summed E-state index contributed by atoms with van der Waals surface area (Å²) >= 11 is 11.8. The lowest BCUT2D eigenvalue weighted by molar-refractivity contribution is -0.184. The highest BCUT2D eigenvalue weighted by molar-refractivity contribution is 6.34. The van der Waals surface area contributed by atoms with Crippen LogP contribution in [-0.2, 0) is 5.41 Å². The van der Waals surface area contributed by atoms with Crippen LogP contribution < -0.4 is 10.6 Å². The van der Waals surface area contributed by atoms with Gasteiger partial charge in [-0.15, -0.1) is 0 Å². The van der Waals surface area contributed by atoms with Crippen LogP contribution in [0.1, 0.15) is 12.0 Å². The van der Waals surface area contributed by atoms with Crippen LogP contribution in [0.25, 0.3) is 0 Å². The number of nitrogen functional groups attached to an aromatic ring is 1. The minimum Gasteiger partial charge on any atom is -0.396 e. The van der Waals surface area contributed by atoms with E-state index < -0.39 is 17.4 Å². The van der Waals surface area contributed by atoms with Crippen LogP contribution in [0.4, 0.5) is 28.9 Å². The topological polar surface area (TPSA) is 29.3 Å². The number of benzene rings is 2. The molecule has 134 valence electrons. The summed E-state index contributed by atoms with van der Waals surface area (Å²) in [5, 5.41) is 0.297. The van der Waals surface area contributed by atoms with Gasteiger partial charge < -0.3 is 10.6 Å². The third-order valence-corrected chi connectivity index (χ3v) is 5.01. The molecule has 1 fully saturated rings. The summed E-state index contributed by atoms with van der Waals surface area (Å²) in [5.74, 6) is -0.605. The van der Waals surface area contributed by atoms with Crippen LogP contribution in [0.2, 0.25) is 10.0 Å². The molecule has 2 aromatic rings. The maximum Gasteiger partial charge on any atom is 0.400 e. The molecule has 3 rings (SSSR count). The summed E-state index contributed by atoms with van der Waals surface area (Å²) in [7, 11) is 0. The van der Waals surface area contributed by atoms with Gasteiger partial charge >= 0.3 is 6.18 Å². The van der Waals surface area contributed by atoms with E-state index in [4.69, 9.17) is 28.9 Å². The average molecular weight is 393 g/mol. The van der Waals surface area contributed by atoms with E-state index in [2.05, 4.69) is 0 Å². The summed E-state index contributed by atoms with van der Waals surface area (Å²) < 4.78 is 55.3. The Balaban J connectivity index is 2.03. The highest BCUT2D eigenvalue weighted by atomic mass is 35.5. The van der Waals surface area contributed by atoms with Crippen LogP contribution >= 0.6 is 23.2 Å². The molecule has 25 heavy (non-hydrogen) atoms. The van der Waals surface area contributed by atoms with Gasteiger partial charge in [0, 0.05) is 28.8 Å². The molecule has 0 aliphatic carbocycles. The first-order chi connectivity index (χ1) is 11.6. The highest BCUT2D eigenvalue weighted by Gasteiger charge is 2.59. The Labute approximate surface area is 152 Å². The number of nitrogens with two attached hydrogens (primary N) is 1. The summed E-state index contributed by atoms with van der Waals surface area (Å²) in [6.45, 7) is -0.174. The summed E-state index contributed by atoms with van der Waals surface area (Å²) in [6.07, 6.45) is -4.66. The number of hydrogen-bond donors (Lipinski definition) is 1. The molecule has 0 aromatic heterocycles. The van der Waals surface area contributed by atoms with E-state index in [-0.39, 0.29) is 40.8 Å². The van der Waals surface area contributed by atoms with Gasteiger partial charge in [-0.05, 0) is 48.4 Å². The van der Waals surface area contributed by atoms with Gasteiger partial charge in [0.1, 0.15) is 11.2 Å². The van der Waals surface area contributed by atoms with Gasteiger partial charge in [-0.2, -0.15) is 13.2 Å². The second-order valence-corrected chi connectivity index (χ2v) is 6.99. The van der Waals surface area contributed by atoms with E-state index in [1.54, 1.807) is 0 Å². The van der Waals surface area contributed by atoms with Crippen molar-refractivity contribution >= 4 is 34.6 Å². The van der Waals surface area contributed by atoms with Gasteiger partial charge in [0.25, 0.3) is 0 Å². The maximum atomic E-state index is 14.0. The molecular formula is C17H14Cl2F4N2. The highest BCUT2D eigenvalue weighted by Crippen LogP contribution is 2.49. The minimum absolute atomic E-state index is 0.0232. The van der Waals surface area contributed by atoms with Crippen molar-refractivity contribution in [2.45, 2.75) is 18.0 Å².